The van der Waals surface area contributed by atoms with E-state index in [9.17, 15) is 8.42 Å². The maximum Gasteiger partial charge on any atom is 0.279 e. The van der Waals surface area contributed by atoms with E-state index < -0.39 is 10.0 Å². The Morgan fingerprint density at radius 3 is 2.30 bits per heavy atom. The Hall–Kier alpha value is -2.44. The first-order chi connectivity index (χ1) is 14.4. The molecule has 4 nitrogen and oxygen atoms in total. The lowest BCUT2D eigenvalue weighted by Gasteiger charge is -2.33. The Bertz CT molecular complexity index is 1140. The van der Waals surface area contributed by atoms with Crippen molar-refractivity contribution >= 4 is 31.7 Å². The van der Waals surface area contributed by atoms with Crippen LogP contribution in [0.2, 0.25) is 0 Å². The van der Waals surface area contributed by atoms with Crippen molar-refractivity contribution in [2.45, 2.75) is 37.1 Å². The lowest BCUT2D eigenvalue weighted by Crippen LogP contribution is -2.41. The molecule has 0 N–H and O–H groups in total. The Morgan fingerprint density at radius 1 is 0.967 bits per heavy atom. The third-order valence-electron chi connectivity index (χ3n) is 5.30. The van der Waals surface area contributed by atoms with Crippen molar-refractivity contribution in [3.63, 3.8) is 0 Å². The average Bonchev–Trinajstić information content (AvgIpc) is 2.75. The molecular weight excluding hydrogens is 460 g/mol. The van der Waals surface area contributed by atoms with Gasteiger partial charge in [0.05, 0.1) is 16.6 Å². The number of sulfonamides is 1. The second kappa shape index (κ2) is 8.74. The number of nitrogens with zero attached hydrogens (tertiary/aromatic N) is 2. The maximum atomic E-state index is 13.5. The van der Waals surface area contributed by atoms with Gasteiger partial charge in [-0.3, -0.25) is 0 Å². The summed E-state index contributed by atoms with van der Waals surface area (Å²) in [6.07, 6.45) is 2.08. The van der Waals surface area contributed by atoms with Crippen LogP contribution in [-0.4, -0.2) is 24.6 Å². The molecule has 0 radical (unpaired) electrons. The fraction of sp³-hybridized carbons (Fsp3) is 0.208. The number of rotatable bonds is 5. The topological polar surface area (TPSA) is 49.7 Å². The van der Waals surface area contributed by atoms with Gasteiger partial charge in [-0.05, 0) is 61.6 Å². The summed E-state index contributed by atoms with van der Waals surface area (Å²) in [7, 11) is -3.76. The Morgan fingerprint density at radius 2 is 1.63 bits per heavy atom. The summed E-state index contributed by atoms with van der Waals surface area (Å²) in [5.74, 6) is 0. The van der Waals surface area contributed by atoms with Crippen molar-refractivity contribution < 1.29 is 8.42 Å². The Labute approximate surface area is 186 Å². The van der Waals surface area contributed by atoms with Crippen LogP contribution in [0.3, 0.4) is 0 Å². The minimum atomic E-state index is -3.76. The van der Waals surface area contributed by atoms with E-state index in [2.05, 4.69) is 21.0 Å². The zero-order valence-corrected chi connectivity index (χ0v) is 19.1. The third kappa shape index (κ3) is 4.50. The Kier molecular flexibility index (Phi) is 6.06. The fourth-order valence-corrected chi connectivity index (χ4v) is 5.38. The van der Waals surface area contributed by atoms with E-state index in [0.29, 0.717) is 6.42 Å². The van der Waals surface area contributed by atoms with Crippen LogP contribution in [0.4, 0.5) is 0 Å². The van der Waals surface area contributed by atoms with E-state index in [-0.39, 0.29) is 10.9 Å². The van der Waals surface area contributed by atoms with Gasteiger partial charge in [0.25, 0.3) is 10.0 Å². The van der Waals surface area contributed by atoms with Crippen LogP contribution in [-0.2, 0) is 16.4 Å². The number of halogens is 1. The quantitative estimate of drug-likeness (QED) is 0.477. The van der Waals surface area contributed by atoms with Gasteiger partial charge in [-0.1, -0.05) is 76.1 Å². The predicted octanol–water partition coefficient (Wildman–Crippen LogP) is 5.56. The lowest BCUT2D eigenvalue weighted by atomic mass is 9.97. The van der Waals surface area contributed by atoms with Crippen LogP contribution in [0.1, 0.15) is 29.5 Å². The predicted molar refractivity (Wildman–Crippen MR) is 124 cm³/mol. The van der Waals surface area contributed by atoms with Crippen molar-refractivity contribution in [1.29, 1.82) is 0 Å². The molecule has 3 aromatic rings. The summed E-state index contributed by atoms with van der Waals surface area (Å²) >= 11 is 3.45. The number of hydrogen-bond donors (Lipinski definition) is 0. The minimum absolute atomic E-state index is 0.224. The molecule has 4 rings (SSSR count). The van der Waals surface area contributed by atoms with Gasteiger partial charge in [0.2, 0.25) is 0 Å². The summed E-state index contributed by atoms with van der Waals surface area (Å²) in [6, 6.07) is 24.6. The molecule has 0 aliphatic carbocycles. The molecule has 0 saturated carbocycles. The normalized spacial score (nSPS) is 16.9. The third-order valence-corrected chi connectivity index (χ3v) is 7.57. The van der Waals surface area contributed by atoms with Crippen LogP contribution in [0.5, 0.6) is 0 Å². The van der Waals surface area contributed by atoms with E-state index in [1.54, 1.807) is 12.1 Å². The first-order valence-corrected chi connectivity index (χ1v) is 12.2. The highest BCUT2D eigenvalue weighted by Crippen LogP contribution is 2.29. The standard InChI is InChI=1S/C24H23BrN2O2S/c1-18-7-14-23(15-8-18)30(28,29)27-22(17-19-5-3-2-4-6-19)13-16-24(26-27)20-9-11-21(25)12-10-20/h2-12,14-15,22H,13,16-17H2,1H3/t22-/m1/s1. The summed E-state index contributed by atoms with van der Waals surface area (Å²) in [5, 5.41) is 4.68. The summed E-state index contributed by atoms with van der Waals surface area (Å²) in [4.78, 5) is 0.270. The van der Waals surface area contributed by atoms with Gasteiger partial charge in [0, 0.05) is 4.47 Å². The highest BCUT2D eigenvalue weighted by Gasteiger charge is 2.34. The number of hydrogen-bond acceptors (Lipinski definition) is 3. The van der Waals surface area contributed by atoms with Gasteiger partial charge in [-0.25, -0.2) is 0 Å². The van der Waals surface area contributed by atoms with Gasteiger partial charge in [0.1, 0.15) is 0 Å². The molecule has 0 saturated heterocycles. The molecule has 6 heteroatoms. The summed E-state index contributed by atoms with van der Waals surface area (Å²) < 4.78 is 29.4. The van der Waals surface area contributed by atoms with Crippen molar-refractivity contribution in [2.75, 3.05) is 0 Å². The van der Waals surface area contributed by atoms with Crippen LogP contribution in [0, 0.1) is 6.92 Å². The molecule has 1 aliphatic rings. The van der Waals surface area contributed by atoms with E-state index in [1.165, 1.54) is 4.41 Å². The maximum absolute atomic E-state index is 13.5. The van der Waals surface area contributed by atoms with E-state index in [0.717, 1.165) is 39.7 Å². The van der Waals surface area contributed by atoms with Gasteiger partial charge in [-0.2, -0.15) is 17.9 Å². The van der Waals surface area contributed by atoms with E-state index in [1.807, 2.05) is 73.7 Å². The average molecular weight is 483 g/mol. The molecule has 0 amide bonds. The van der Waals surface area contributed by atoms with Crippen molar-refractivity contribution in [1.82, 2.24) is 4.41 Å². The molecule has 1 heterocycles. The molecule has 1 aliphatic heterocycles. The lowest BCUT2D eigenvalue weighted by molar-refractivity contribution is 0.301. The summed E-state index contributed by atoms with van der Waals surface area (Å²) in [6.45, 7) is 1.94. The molecular formula is C24H23BrN2O2S. The number of aryl methyl sites for hydroxylation is 1. The van der Waals surface area contributed by atoms with Crippen LogP contribution in [0.15, 0.2) is 93.3 Å². The molecule has 1 atom stereocenters. The van der Waals surface area contributed by atoms with Gasteiger partial charge < -0.3 is 0 Å². The van der Waals surface area contributed by atoms with E-state index in [4.69, 9.17) is 0 Å². The van der Waals surface area contributed by atoms with Crippen LogP contribution in [0.25, 0.3) is 0 Å². The molecule has 0 bridgehead atoms. The molecule has 3 aromatic carbocycles. The largest absolute Gasteiger partial charge is 0.279 e. The molecule has 0 spiro atoms. The zero-order chi connectivity index (χ0) is 21.1. The van der Waals surface area contributed by atoms with Crippen LogP contribution >= 0.6 is 15.9 Å². The van der Waals surface area contributed by atoms with Crippen molar-refractivity contribution in [3.8, 4) is 0 Å². The minimum Gasteiger partial charge on any atom is -0.200 e. The zero-order valence-electron chi connectivity index (χ0n) is 16.7. The SMILES string of the molecule is Cc1ccc(S(=O)(=O)N2N=C(c3ccc(Br)cc3)CC[C@@H]2Cc2ccccc2)cc1. The second-order valence-electron chi connectivity index (χ2n) is 7.53. The smallest absolute Gasteiger partial charge is 0.200 e. The number of benzene rings is 3. The Balaban J connectivity index is 1.74. The van der Waals surface area contributed by atoms with Gasteiger partial charge in [-0.15, -0.1) is 0 Å². The van der Waals surface area contributed by atoms with Crippen molar-refractivity contribution in [3.05, 3.63) is 100 Å². The molecule has 30 heavy (non-hydrogen) atoms. The molecule has 0 fully saturated rings. The fourth-order valence-electron chi connectivity index (χ4n) is 3.64. The van der Waals surface area contributed by atoms with Gasteiger partial charge in [0.15, 0.2) is 0 Å². The molecule has 154 valence electrons. The highest BCUT2D eigenvalue weighted by molar-refractivity contribution is 9.10. The van der Waals surface area contributed by atoms with E-state index >= 15 is 0 Å². The molecule has 0 unspecified atom stereocenters. The summed E-state index contributed by atoms with van der Waals surface area (Å²) in [5.41, 5.74) is 3.87. The highest BCUT2D eigenvalue weighted by atomic mass is 79.9. The monoisotopic (exact) mass is 482 g/mol. The molecule has 0 aromatic heterocycles. The van der Waals surface area contributed by atoms with Crippen molar-refractivity contribution in [2.24, 2.45) is 5.10 Å². The second-order valence-corrected chi connectivity index (χ2v) is 10.2. The first kappa shape index (κ1) is 20.8. The number of hydrazone groups is 1. The van der Waals surface area contributed by atoms with Gasteiger partial charge >= 0.3 is 0 Å². The van der Waals surface area contributed by atoms with Crippen LogP contribution < -0.4 is 0 Å². The first-order valence-electron chi connectivity index (χ1n) is 9.92.